The van der Waals surface area contributed by atoms with E-state index in [2.05, 4.69) is 0 Å². The highest BCUT2D eigenvalue weighted by atomic mass is 31.2. The van der Waals surface area contributed by atoms with Crippen LogP contribution in [0.3, 0.4) is 0 Å². The van der Waals surface area contributed by atoms with Gasteiger partial charge >= 0.3 is 11.9 Å². The van der Waals surface area contributed by atoms with Gasteiger partial charge in [-0.2, -0.15) is 0 Å². The normalized spacial score (nSPS) is 14.1. The predicted octanol–water partition coefficient (Wildman–Crippen LogP) is 3.91. The number of rotatable bonds is 8. The molecule has 1 aromatic rings. The van der Waals surface area contributed by atoms with Gasteiger partial charge in [0, 0.05) is 18.7 Å². The lowest BCUT2D eigenvalue weighted by Gasteiger charge is -2.18. The molecule has 0 bridgehead atoms. The Hall–Kier alpha value is -1.68. The quantitative estimate of drug-likeness (QED) is 0.696. The zero-order valence-corrected chi connectivity index (χ0v) is 14.6. The van der Waals surface area contributed by atoms with Crippen molar-refractivity contribution in [2.75, 3.05) is 12.8 Å². The molecule has 0 aliphatic rings. The van der Waals surface area contributed by atoms with Gasteiger partial charge in [0.15, 0.2) is 0 Å². The topological polar surface area (TPSA) is 91.7 Å². The predicted molar refractivity (Wildman–Crippen MR) is 87.8 cm³/mol. The highest BCUT2D eigenvalue weighted by molar-refractivity contribution is 7.62. The number of carboxylic acids is 2. The van der Waals surface area contributed by atoms with E-state index >= 15 is 0 Å². The Bertz CT molecular complexity index is 573. The van der Waals surface area contributed by atoms with Crippen molar-refractivity contribution in [1.82, 2.24) is 0 Å². The van der Waals surface area contributed by atoms with Crippen LogP contribution in [0.1, 0.15) is 32.3 Å². The molecular weight excluding hydrogens is 322 g/mol. The summed E-state index contributed by atoms with van der Waals surface area (Å²) >= 11 is 0. The first-order valence-corrected chi connectivity index (χ1v) is 9.97. The van der Waals surface area contributed by atoms with Crippen molar-refractivity contribution in [3.8, 4) is 0 Å². The SMILES string of the molecule is CC.CP(=O)(Cc1ccccc1F)CC(CCC(=O)O)C(=O)O. The van der Waals surface area contributed by atoms with E-state index in [1.807, 2.05) is 13.8 Å². The fraction of sp³-hybridized carbons (Fsp3) is 0.500. The molecule has 0 aromatic heterocycles. The van der Waals surface area contributed by atoms with Crippen molar-refractivity contribution in [2.45, 2.75) is 32.9 Å². The number of halogens is 1. The van der Waals surface area contributed by atoms with Gasteiger partial charge in [-0.25, -0.2) is 4.39 Å². The minimum atomic E-state index is -2.93. The maximum absolute atomic E-state index is 13.6. The van der Waals surface area contributed by atoms with Crippen LogP contribution in [0.15, 0.2) is 24.3 Å². The van der Waals surface area contributed by atoms with Crippen molar-refractivity contribution < 1.29 is 28.8 Å². The third-order valence-electron chi connectivity index (χ3n) is 3.13. The number of carbonyl (C=O) groups is 2. The molecule has 0 spiro atoms. The van der Waals surface area contributed by atoms with Crippen LogP contribution in [0.25, 0.3) is 0 Å². The summed E-state index contributed by atoms with van der Waals surface area (Å²) in [6.45, 7) is 5.43. The third-order valence-corrected chi connectivity index (χ3v) is 5.35. The van der Waals surface area contributed by atoms with E-state index in [1.54, 1.807) is 6.07 Å². The van der Waals surface area contributed by atoms with E-state index in [9.17, 15) is 18.5 Å². The summed E-state index contributed by atoms with van der Waals surface area (Å²) in [6.07, 6.45) is -0.545. The summed E-state index contributed by atoms with van der Waals surface area (Å²) in [4.78, 5) is 21.6. The van der Waals surface area contributed by atoms with Crippen LogP contribution in [0.4, 0.5) is 4.39 Å². The molecule has 0 fully saturated rings. The fourth-order valence-corrected chi connectivity index (χ4v) is 4.49. The van der Waals surface area contributed by atoms with Crippen molar-refractivity contribution in [1.29, 1.82) is 0 Å². The number of aliphatic carboxylic acids is 2. The molecule has 2 atom stereocenters. The molecule has 0 amide bonds. The molecule has 1 aromatic carbocycles. The standard InChI is InChI=1S/C14H18FO5P.C2H6/c1-21(20,8-10-4-2-3-5-12(10)15)9-11(14(18)19)6-7-13(16)17;1-2/h2-5,11H,6-9H2,1H3,(H,16,17)(H,18,19);1-2H3. The van der Waals surface area contributed by atoms with Crippen LogP contribution >= 0.6 is 7.14 Å². The molecule has 0 aliphatic heterocycles. The largest absolute Gasteiger partial charge is 0.481 e. The van der Waals surface area contributed by atoms with Crippen molar-refractivity contribution >= 4 is 19.1 Å². The molecule has 1 rings (SSSR count). The lowest BCUT2D eigenvalue weighted by molar-refractivity contribution is -0.142. The van der Waals surface area contributed by atoms with E-state index in [0.717, 1.165) is 0 Å². The number of hydrogen-bond donors (Lipinski definition) is 2. The first kappa shape index (κ1) is 21.3. The molecular formula is C16H24FO5P. The zero-order chi connectivity index (χ0) is 18.0. The molecule has 0 heterocycles. The van der Waals surface area contributed by atoms with Gasteiger partial charge in [-0.1, -0.05) is 32.0 Å². The van der Waals surface area contributed by atoms with Gasteiger partial charge < -0.3 is 14.8 Å². The molecule has 0 aliphatic carbocycles. The molecule has 2 N–H and O–H groups in total. The van der Waals surface area contributed by atoms with Crippen molar-refractivity contribution in [2.24, 2.45) is 5.92 Å². The molecule has 0 saturated heterocycles. The molecule has 7 heteroatoms. The molecule has 0 saturated carbocycles. The fourth-order valence-electron chi connectivity index (χ4n) is 2.11. The molecule has 0 radical (unpaired) electrons. The van der Waals surface area contributed by atoms with E-state index < -0.39 is 30.8 Å². The minimum Gasteiger partial charge on any atom is -0.481 e. The zero-order valence-electron chi connectivity index (χ0n) is 13.7. The second-order valence-electron chi connectivity index (χ2n) is 5.20. The van der Waals surface area contributed by atoms with Gasteiger partial charge in [0.1, 0.15) is 5.82 Å². The lowest BCUT2D eigenvalue weighted by atomic mass is 10.1. The first-order chi connectivity index (χ1) is 10.7. The van der Waals surface area contributed by atoms with E-state index in [0.29, 0.717) is 0 Å². The van der Waals surface area contributed by atoms with E-state index in [1.165, 1.54) is 24.9 Å². The second kappa shape index (κ2) is 10.2. The summed E-state index contributed by atoms with van der Waals surface area (Å²) < 4.78 is 26.1. The van der Waals surface area contributed by atoms with Crippen molar-refractivity contribution in [3.63, 3.8) is 0 Å². The minimum absolute atomic E-state index is 0.0312. The molecule has 5 nitrogen and oxygen atoms in total. The monoisotopic (exact) mass is 346 g/mol. The maximum atomic E-state index is 13.6. The summed E-state index contributed by atoms with van der Waals surface area (Å²) in [5.41, 5.74) is 0.283. The summed E-state index contributed by atoms with van der Waals surface area (Å²) in [6, 6.07) is 5.91. The number of benzene rings is 1. The first-order valence-electron chi connectivity index (χ1n) is 7.45. The summed E-state index contributed by atoms with van der Waals surface area (Å²) in [5, 5.41) is 17.7. The Balaban J connectivity index is 0.00000232. The van der Waals surface area contributed by atoms with Gasteiger partial charge in [0.2, 0.25) is 0 Å². The van der Waals surface area contributed by atoms with Gasteiger partial charge in [0.25, 0.3) is 0 Å². The van der Waals surface area contributed by atoms with E-state index in [4.69, 9.17) is 10.2 Å². The van der Waals surface area contributed by atoms with Crippen molar-refractivity contribution in [3.05, 3.63) is 35.6 Å². The number of carboxylic acid groups (broad SMARTS) is 2. The Morgan fingerprint density at radius 1 is 1.22 bits per heavy atom. The van der Waals surface area contributed by atoms with Gasteiger partial charge in [0.05, 0.1) is 13.1 Å². The van der Waals surface area contributed by atoms with Gasteiger partial charge in [-0.05, 0) is 24.7 Å². The second-order valence-corrected chi connectivity index (χ2v) is 8.47. The van der Waals surface area contributed by atoms with Crippen LogP contribution in [0, 0.1) is 11.7 Å². The number of hydrogen-bond acceptors (Lipinski definition) is 3. The molecule has 2 unspecified atom stereocenters. The summed E-state index contributed by atoms with van der Waals surface area (Å²) in [5.74, 6) is -3.74. The Morgan fingerprint density at radius 3 is 2.26 bits per heavy atom. The third kappa shape index (κ3) is 8.50. The van der Waals surface area contributed by atoms with Gasteiger partial charge in [-0.15, -0.1) is 0 Å². The smallest absolute Gasteiger partial charge is 0.306 e. The summed E-state index contributed by atoms with van der Waals surface area (Å²) in [7, 11) is -2.93. The molecule has 23 heavy (non-hydrogen) atoms. The Labute approximate surface area is 135 Å². The van der Waals surface area contributed by atoms with Crippen LogP contribution in [-0.2, 0) is 20.3 Å². The lowest BCUT2D eigenvalue weighted by Crippen LogP contribution is -2.19. The van der Waals surface area contributed by atoms with Crippen LogP contribution in [0.2, 0.25) is 0 Å². The van der Waals surface area contributed by atoms with Crippen LogP contribution < -0.4 is 0 Å². The average Bonchev–Trinajstić information content (AvgIpc) is 2.47. The average molecular weight is 346 g/mol. The molecule has 130 valence electrons. The Kier molecular flexibility index (Phi) is 9.42. The highest BCUT2D eigenvalue weighted by Gasteiger charge is 2.28. The van der Waals surface area contributed by atoms with E-state index in [-0.39, 0.29) is 30.7 Å². The maximum Gasteiger partial charge on any atom is 0.306 e. The highest BCUT2D eigenvalue weighted by Crippen LogP contribution is 2.47. The van der Waals surface area contributed by atoms with Crippen LogP contribution in [0.5, 0.6) is 0 Å². The van der Waals surface area contributed by atoms with Gasteiger partial charge in [-0.3, -0.25) is 9.59 Å². The van der Waals surface area contributed by atoms with Crippen LogP contribution in [-0.4, -0.2) is 35.0 Å². The Morgan fingerprint density at radius 2 is 1.78 bits per heavy atom.